The summed E-state index contributed by atoms with van der Waals surface area (Å²) in [6.45, 7) is 1.08. The second-order valence-corrected chi connectivity index (χ2v) is 5.15. The third-order valence-corrected chi connectivity index (χ3v) is 3.38. The number of nitrogens with zero attached hydrogens (tertiary/aromatic N) is 2. The lowest BCUT2D eigenvalue weighted by atomic mass is 10.1. The zero-order valence-corrected chi connectivity index (χ0v) is 11.4. The molecule has 0 amide bonds. The molecule has 2 rings (SSSR count). The van der Waals surface area contributed by atoms with Crippen LogP contribution in [-0.4, -0.2) is 9.55 Å². The van der Waals surface area contributed by atoms with Gasteiger partial charge in [-0.05, 0) is 37.0 Å². The summed E-state index contributed by atoms with van der Waals surface area (Å²) in [7, 11) is 0. The van der Waals surface area contributed by atoms with Gasteiger partial charge in [-0.15, -0.1) is 0 Å². The molecule has 0 aliphatic carbocycles. The lowest BCUT2D eigenvalue weighted by molar-refractivity contribution is 0.587. The number of hydrogen-bond acceptors (Lipinski definition) is 1. The van der Waals surface area contributed by atoms with E-state index in [2.05, 4.69) is 49.7 Å². The maximum atomic E-state index is 4.04. The summed E-state index contributed by atoms with van der Waals surface area (Å²) in [5.74, 6) is 0. The molecule has 3 heteroatoms. The molecular formula is C14H17BrN2. The molecule has 17 heavy (non-hydrogen) atoms. The van der Waals surface area contributed by atoms with Gasteiger partial charge in [0.2, 0.25) is 0 Å². The topological polar surface area (TPSA) is 17.8 Å². The van der Waals surface area contributed by atoms with Gasteiger partial charge in [-0.2, -0.15) is 0 Å². The summed E-state index contributed by atoms with van der Waals surface area (Å²) in [6, 6.07) is 8.61. The first-order chi connectivity index (χ1) is 8.34. The van der Waals surface area contributed by atoms with E-state index in [1.54, 1.807) is 0 Å². The number of imidazole rings is 1. The molecule has 0 atom stereocenters. The normalized spacial score (nSPS) is 10.6. The Balaban J connectivity index is 1.61. The minimum atomic E-state index is 1.08. The molecule has 1 heterocycles. The molecule has 1 aromatic carbocycles. The van der Waals surface area contributed by atoms with E-state index in [9.17, 15) is 0 Å². The van der Waals surface area contributed by atoms with Gasteiger partial charge in [0.15, 0.2) is 0 Å². The maximum absolute atomic E-state index is 4.04. The molecule has 0 aliphatic heterocycles. The van der Waals surface area contributed by atoms with Gasteiger partial charge in [0.25, 0.3) is 0 Å². The Bertz CT molecular complexity index is 420. The third kappa shape index (κ3) is 4.35. The van der Waals surface area contributed by atoms with Crippen LogP contribution in [0.5, 0.6) is 0 Å². The van der Waals surface area contributed by atoms with Crippen LogP contribution in [0.1, 0.15) is 24.8 Å². The van der Waals surface area contributed by atoms with Crippen molar-refractivity contribution in [2.75, 3.05) is 0 Å². The highest BCUT2D eigenvalue weighted by molar-refractivity contribution is 9.10. The van der Waals surface area contributed by atoms with E-state index in [4.69, 9.17) is 0 Å². The molecule has 0 saturated carbocycles. The summed E-state index contributed by atoms with van der Waals surface area (Å²) in [6.07, 6.45) is 10.7. The van der Waals surface area contributed by atoms with E-state index in [1.165, 1.54) is 31.2 Å². The Morgan fingerprint density at radius 1 is 1.06 bits per heavy atom. The number of halogens is 1. The van der Waals surface area contributed by atoms with Gasteiger partial charge in [0, 0.05) is 23.4 Å². The number of rotatable bonds is 6. The molecule has 0 fully saturated rings. The zero-order valence-electron chi connectivity index (χ0n) is 9.85. The summed E-state index contributed by atoms with van der Waals surface area (Å²) in [4.78, 5) is 4.04. The van der Waals surface area contributed by atoms with Crippen LogP contribution in [0.15, 0.2) is 47.5 Å². The van der Waals surface area contributed by atoms with Crippen molar-refractivity contribution in [3.05, 3.63) is 53.0 Å². The van der Waals surface area contributed by atoms with E-state index in [1.807, 2.05) is 18.7 Å². The Hall–Kier alpha value is -1.09. The monoisotopic (exact) mass is 292 g/mol. The fourth-order valence-corrected chi connectivity index (χ4v) is 2.13. The largest absolute Gasteiger partial charge is 0.337 e. The summed E-state index contributed by atoms with van der Waals surface area (Å²) < 4.78 is 3.29. The number of benzene rings is 1. The van der Waals surface area contributed by atoms with Gasteiger partial charge >= 0.3 is 0 Å². The van der Waals surface area contributed by atoms with Gasteiger partial charge in [-0.1, -0.05) is 34.5 Å². The highest BCUT2D eigenvalue weighted by Crippen LogP contribution is 2.13. The molecule has 2 aromatic rings. The highest BCUT2D eigenvalue weighted by atomic mass is 79.9. The van der Waals surface area contributed by atoms with E-state index in [-0.39, 0.29) is 0 Å². The zero-order chi connectivity index (χ0) is 11.9. The summed E-state index contributed by atoms with van der Waals surface area (Å²) in [5, 5.41) is 0. The molecule has 0 N–H and O–H groups in total. The van der Waals surface area contributed by atoms with Crippen LogP contribution in [0.3, 0.4) is 0 Å². The van der Waals surface area contributed by atoms with Gasteiger partial charge in [0.1, 0.15) is 0 Å². The molecule has 0 aliphatic rings. The van der Waals surface area contributed by atoms with Crippen LogP contribution in [0, 0.1) is 0 Å². The van der Waals surface area contributed by atoms with Crippen molar-refractivity contribution in [3.8, 4) is 0 Å². The van der Waals surface area contributed by atoms with Crippen LogP contribution < -0.4 is 0 Å². The molecule has 0 radical (unpaired) electrons. The van der Waals surface area contributed by atoms with Gasteiger partial charge in [-0.3, -0.25) is 0 Å². The lowest BCUT2D eigenvalue weighted by Gasteiger charge is -2.03. The van der Waals surface area contributed by atoms with Crippen molar-refractivity contribution in [3.63, 3.8) is 0 Å². The Morgan fingerprint density at radius 2 is 1.88 bits per heavy atom. The number of aromatic nitrogens is 2. The second-order valence-electron chi connectivity index (χ2n) is 4.24. The first-order valence-corrected chi connectivity index (χ1v) is 6.84. The van der Waals surface area contributed by atoms with Crippen LogP contribution >= 0.6 is 15.9 Å². The smallest absolute Gasteiger partial charge is 0.0945 e. The maximum Gasteiger partial charge on any atom is 0.0945 e. The Morgan fingerprint density at radius 3 is 2.59 bits per heavy atom. The molecular weight excluding hydrogens is 276 g/mol. The van der Waals surface area contributed by atoms with E-state index in [0.29, 0.717) is 0 Å². The predicted molar refractivity (Wildman–Crippen MR) is 73.9 cm³/mol. The van der Waals surface area contributed by atoms with Crippen molar-refractivity contribution in [2.24, 2.45) is 0 Å². The second kappa shape index (κ2) is 6.60. The van der Waals surface area contributed by atoms with E-state index >= 15 is 0 Å². The molecule has 0 unspecified atom stereocenters. The van der Waals surface area contributed by atoms with Crippen molar-refractivity contribution >= 4 is 15.9 Å². The van der Waals surface area contributed by atoms with Crippen molar-refractivity contribution in [2.45, 2.75) is 32.2 Å². The minimum Gasteiger partial charge on any atom is -0.337 e. The highest BCUT2D eigenvalue weighted by Gasteiger charge is 1.95. The minimum absolute atomic E-state index is 1.08. The predicted octanol–water partition coefficient (Wildman–Crippen LogP) is 4.06. The lowest BCUT2D eigenvalue weighted by Crippen LogP contribution is -1.94. The van der Waals surface area contributed by atoms with Crippen molar-refractivity contribution in [1.29, 1.82) is 0 Å². The van der Waals surface area contributed by atoms with Gasteiger partial charge < -0.3 is 4.57 Å². The van der Waals surface area contributed by atoms with Crippen LogP contribution in [0.25, 0.3) is 0 Å². The number of hydrogen-bond donors (Lipinski definition) is 0. The van der Waals surface area contributed by atoms with E-state index < -0.39 is 0 Å². The first-order valence-electron chi connectivity index (χ1n) is 6.05. The van der Waals surface area contributed by atoms with E-state index in [0.717, 1.165) is 11.0 Å². The number of aryl methyl sites for hydroxylation is 2. The van der Waals surface area contributed by atoms with Crippen LogP contribution in [0.4, 0.5) is 0 Å². The Kier molecular flexibility index (Phi) is 4.80. The third-order valence-electron chi connectivity index (χ3n) is 2.85. The first kappa shape index (κ1) is 12.4. The fraction of sp³-hybridized carbons (Fsp3) is 0.357. The van der Waals surface area contributed by atoms with Gasteiger partial charge in [-0.25, -0.2) is 4.98 Å². The van der Waals surface area contributed by atoms with Crippen molar-refractivity contribution < 1.29 is 0 Å². The number of unbranched alkanes of at least 4 members (excludes halogenated alkanes) is 2. The summed E-state index contributed by atoms with van der Waals surface area (Å²) in [5.41, 5.74) is 1.43. The fourth-order valence-electron chi connectivity index (χ4n) is 1.87. The Labute approximate surface area is 111 Å². The van der Waals surface area contributed by atoms with Crippen LogP contribution in [0.2, 0.25) is 0 Å². The standard InChI is InChI=1S/C14H17BrN2/c15-14-7-5-13(6-8-14)4-2-1-3-10-17-11-9-16-12-17/h5-9,11-12H,1-4,10H2. The quantitative estimate of drug-likeness (QED) is 0.734. The van der Waals surface area contributed by atoms with Gasteiger partial charge in [0.05, 0.1) is 6.33 Å². The molecule has 2 nitrogen and oxygen atoms in total. The van der Waals surface area contributed by atoms with Crippen molar-refractivity contribution in [1.82, 2.24) is 9.55 Å². The molecule has 0 saturated heterocycles. The summed E-state index contributed by atoms with van der Waals surface area (Å²) >= 11 is 3.45. The average molecular weight is 293 g/mol. The molecule has 0 bridgehead atoms. The molecule has 90 valence electrons. The van der Waals surface area contributed by atoms with Crippen LogP contribution in [-0.2, 0) is 13.0 Å². The average Bonchev–Trinajstić information content (AvgIpc) is 2.84. The SMILES string of the molecule is Brc1ccc(CCCCCn2ccnc2)cc1. The molecule has 0 spiro atoms. The molecule has 1 aromatic heterocycles.